The summed E-state index contributed by atoms with van der Waals surface area (Å²) in [5, 5.41) is 10.9. The van der Waals surface area contributed by atoms with Gasteiger partial charge in [0, 0.05) is 30.1 Å². The Labute approximate surface area is 274 Å². The summed E-state index contributed by atoms with van der Waals surface area (Å²) < 4.78 is -1.73. The van der Waals surface area contributed by atoms with Crippen LogP contribution in [0.1, 0.15) is 35.2 Å². The molecule has 3 aromatic rings. The third-order valence-electron chi connectivity index (χ3n) is 10.1. The standard InChI is InChI=1S/C38H39N3O4S/c1-25-16-17-26(2)29(22-25)40-21-11-19-38-32(35(44)41(33(38)36(40)45)30(24-42)28-14-8-5-9-15-28)31-34(43)39(20-10-18-37(31,3)46-38)23-27-12-6-4-7-13-27/h4-19,22,30-33,42H,20-21,23-24H2,1-3H3/t30-,31-,32+,33?,37+,38+/m1/s1. The Morgan fingerprint density at radius 2 is 1.54 bits per heavy atom. The van der Waals surface area contributed by atoms with Crippen molar-refractivity contribution in [2.75, 3.05) is 24.6 Å². The highest BCUT2D eigenvalue weighted by Crippen LogP contribution is 2.66. The Morgan fingerprint density at radius 3 is 2.26 bits per heavy atom. The van der Waals surface area contributed by atoms with E-state index in [9.17, 15) is 9.90 Å². The summed E-state index contributed by atoms with van der Waals surface area (Å²) in [4.78, 5) is 50.1. The van der Waals surface area contributed by atoms with E-state index < -0.39 is 33.4 Å². The predicted molar refractivity (Wildman–Crippen MR) is 181 cm³/mol. The number of aryl methyl sites for hydroxylation is 2. The Hall–Kier alpha value is -4.14. The molecule has 6 atom stereocenters. The third kappa shape index (κ3) is 4.73. The van der Waals surface area contributed by atoms with Crippen LogP contribution in [0.2, 0.25) is 0 Å². The highest BCUT2D eigenvalue weighted by atomic mass is 32.2. The lowest BCUT2D eigenvalue weighted by Crippen LogP contribution is -2.54. The van der Waals surface area contributed by atoms with Crippen molar-refractivity contribution in [3.05, 3.63) is 125 Å². The Morgan fingerprint density at radius 1 is 0.848 bits per heavy atom. The predicted octanol–water partition coefficient (Wildman–Crippen LogP) is 5.23. The van der Waals surface area contributed by atoms with Crippen molar-refractivity contribution < 1.29 is 19.5 Å². The molecule has 4 aliphatic rings. The number of hydrogen-bond donors (Lipinski definition) is 1. The van der Waals surface area contributed by atoms with E-state index in [1.54, 1.807) is 21.6 Å². The minimum Gasteiger partial charge on any atom is -0.394 e. The lowest BCUT2D eigenvalue weighted by Gasteiger charge is -2.40. The van der Waals surface area contributed by atoms with Gasteiger partial charge in [0.2, 0.25) is 11.8 Å². The second-order valence-electron chi connectivity index (χ2n) is 13.1. The third-order valence-corrected chi connectivity index (χ3v) is 11.9. The van der Waals surface area contributed by atoms with Crippen LogP contribution in [0.25, 0.3) is 0 Å². The molecule has 0 saturated carbocycles. The second-order valence-corrected chi connectivity index (χ2v) is 14.9. The van der Waals surface area contributed by atoms with Gasteiger partial charge in [-0.3, -0.25) is 14.4 Å². The summed E-state index contributed by atoms with van der Waals surface area (Å²) in [6, 6.07) is 23.7. The van der Waals surface area contributed by atoms with Gasteiger partial charge in [0.15, 0.2) is 0 Å². The van der Waals surface area contributed by atoms with Crippen molar-refractivity contribution in [1.82, 2.24) is 9.80 Å². The zero-order valence-corrected chi connectivity index (χ0v) is 27.2. The highest BCUT2D eigenvalue weighted by molar-refractivity contribution is 8.02. The maximum atomic E-state index is 15.1. The number of rotatable bonds is 6. The summed E-state index contributed by atoms with van der Waals surface area (Å²) in [6.45, 7) is 6.90. The zero-order chi connectivity index (χ0) is 32.2. The van der Waals surface area contributed by atoms with E-state index in [0.29, 0.717) is 19.6 Å². The number of fused-ring (bicyclic) bond motifs is 2. The summed E-state index contributed by atoms with van der Waals surface area (Å²) in [5.41, 5.74) is 4.56. The summed E-state index contributed by atoms with van der Waals surface area (Å²) in [5.74, 6) is -2.04. The number of aliphatic hydroxyl groups is 1. The monoisotopic (exact) mass is 633 g/mol. The normalized spacial score (nSPS) is 29.3. The molecule has 7 rings (SSSR count). The van der Waals surface area contributed by atoms with E-state index in [2.05, 4.69) is 6.08 Å². The molecule has 4 aliphatic heterocycles. The van der Waals surface area contributed by atoms with Gasteiger partial charge in [0.05, 0.1) is 29.2 Å². The maximum absolute atomic E-state index is 15.1. The van der Waals surface area contributed by atoms with E-state index in [1.165, 1.54) is 0 Å². The molecule has 0 radical (unpaired) electrons. The molecular weight excluding hydrogens is 595 g/mol. The lowest BCUT2D eigenvalue weighted by molar-refractivity contribution is -0.145. The Balaban J connectivity index is 1.38. The van der Waals surface area contributed by atoms with E-state index in [-0.39, 0.29) is 24.3 Å². The van der Waals surface area contributed by atoms with Crippen molar-refractivity contribution in [3.63, 3.8) is 0 Å². The molecular formula is C38H39N3O4S. The van der Waals surface area contributed by atoms with E-state index in [4.69, 9.17) is 0 Å². The first-order chi connectivity index (χ1) is 22.2. The lowest BCUT2D eigenvalue weighted by atomic mass is 9.74. The molecule has 3 amide bonds. The summed E-state index contributed by atoms with van der Waals surface area (Å²) in [7, 11) is 0. The zero-order valence-electron chi connectivity index (χ0n) is 26.4. The van der Waals surface area contributed by atoms with Crippen molar-refractivity contribution in [2.24, 2.45) is 11.8 Å². The Kier molecular flexibility index (Phi) is 7.68. The van der Waals surface area contributed by atoms with Gasteiger partial charge in [0.1, 0.15) is 6.04 Å². The molecule has 1 unspecified atom stereocenters. The van der Waals surface area contributed by atoms with Crippen LogP contribution in [0.15, 0.2) is 103 Å². The van der Waals surface area contributed by atoms with Crippen LogP contribution < -0.4 is 4.90 Å². The van der Waals surface area contributed by atoms with Crippen molar-refractivity contribution >= 4 is 35.2 Å². The van der Waals surface area contributed by atoms with Gasteiger partial charge in [-0.15, -0.1) is 11.8 Å². The van der Waals surface area contributed by atoms with Gasteiger partial charge in [0.25, 0.3) is 5.91 Å². The average Bonchev–Trinajstić information content (AvgIpc) is 3.33. The fourth-order valence-corrected chi connectivity index (χ4v) is 10.2. The average molecular weight is 634 g/mol. The molecule has 1 spiro atoms. The number of amides is 3. The molecule has 236 valence electrons. The molecule has 8 heteroatoms. The molecule has 2 fully saturated rings. The van der Waals surface area contributed by atoms with Gasteiger partial charge in [-0.05, 0) is 49.1 Å². The quantitative estimate of drug-likeness (QED) is 0.377. The first-order valence-corrected chi connectivity index (χ1v) is 16.7. The van der Waals surface area contributed by atoms with Gasteiger partial charge in [-0.25, -0.2) is 0 Å². The van der Waals surface area contributed by atoms with Crippen molar-refractivity contribution in [1.29, 1.82) is 0 Å². The van der Waals surface area contributed by atoms with Gasteiger partial charge in [-0.2, -0.15) is 0 Å². The van der Waals surface area contributed by atoms with E-state index in [1.807, 2.05) is 123 Å². The smallest absolute Gasteiger partial charge is 0.251 e. The molecule has 4 heterocycles. The molecule has 3 aromatic carbocycles. The largest absolute Gasteiger partial charge is 0.394 e. The summed E-state index contributed by atoms with van der Waals surface area (Å²) >= 11 is 1.56. The number of nitrogens with zero attached hydrogens (tertiary/aromatic N) is 3. The SMILES string of the molecule is Cc1ccc(C)c(N2CC=C[C@]34S[C@@]5(C)C=CCN(Cc6ccccc6)C(=O)[C@H]5[C@H]3C(=O)N([C@H](CO)c3ccccc3)C4C2=O)c1. The minimum absolute atomic E-state index is 0.0866. The first-order valence-electron chi connectivity index (χ1n) is 15.9. The molecule has 0 aliphatic carbocycles. The molecule has 0 aromatic heterocycles. The van der Waals surface area contributed by atoms with Crippen LogP contribution in [0, 0.1) is 25.7 Å². The number of carbonyl (C=O) groups is 3. The number of benzene rings is 3. The molecule has 46 heavy (non-hydrogen) atoms. The van der Waals surface area contributed by atoms with Crippen LogP contribution in [-0.4, -0.2) is 67.9 Å². The van der Waals surface area contributed by atoms with Gasteiger partial charge < -0.3 is 19.8 Å². The highest BCUT2D eigenvalue weighted by Gasteiger charge is 2.74. The van der Waals surface area contributed by atoms with Crippen LogP contribution in [0.4, 0.5) is 5.69 Å². The number of carbonyl (C=O) groups excluding carboxylic acids is 3. The number of likely N-dealkylation sites (tertiary alicyclic amines) is 1. The second kappa shape index (κ2) is 11.6. The van der Waals surface area contributed by atoms with Crippen LogP contribution in [-0.2, 0) is 20.9 Å². The van der Waals surface area contributed by atoms with Gasteiger partial charge in [-0.1, -0.05) is 97.1 Å². The Bertz CT molecular complexity index is 1740. The minimum atomic E-state index is -1.02. The number of aliphatic hydroxyl groups excluding tert-OH is 1. The van der Waals surface area contributed by atoms with Crippen molar-refractivity contribution in [3.8, 4) is 0 Å². The fraction of sp³-hybridized carbons (Fsp3) is 0.342. The van der Waals surface area contributed by atoms with Gasteiger partial charge >= 0.3 is 0 Å². The number of thioether (sulfide) groups is 1. The molecule has 7 nitrogen and oxygen atoms in total. The van der Waals surface area contributed by atoms with E-state index >= 15 is 9.59 Å². The first kappa shape index (κ1) is 30.5. The van der Waals surface area contributed by atoms with Crippen LogP contribution in [0.5, 0.6) is 0 Å². The molecule has 1 N–H and O–H groups in total. The fourth-order valence-electron chi connectivity index (χ4n) is 8.05. The van der Waals surface area contributed by atoms with Crippen LogP contribution >= 0.6 is 11.8 Å². The topological polar surface area (TPSA) is 81.2 Å². The number of hydrogen-bond acceptors (Lipinski definition) is 5. The molecule has 2 saturated heterocycles. The van der Waals surface area contributed by atoms with Crippen LogP contribution in [0.3, 0.4) is 0 Å². The maximum Gasteiger partial charge on any atom is 0.251 e. The van der Waals surface area contributed by atoms with E-state index in [0.717, 1.165) is 27.9 Å². The van der Waals surface area contributed by atoms with Crippen molar-refractivity contribution in [2.45, 2.75) is 48.9 Å². The number of anilines is 1. The summed E-state index contributed by atoms with van der Waals surface area (Å²) in [6.07, 6.45) is 8.15. The molecule has 0 bridgehead atoms.